The lowest BCUT2D eigenvalue weighted by Gasteiger charge is -2.22. The van der Waals surface area contributed by atoms with E-state index in [1.54, 1.807) is 7.05 Å². The highest BCUT2D eigenvalue weighted by Crippen LogP contribution is 2.12. The Morgan fingerprint density at radius 1 is 1.19 bits per heavy atom. The van der Waals surface area contributed by atoms with Crippen LogP contribution in [0.25, 0.3) is 0 Å². The van der Waals surface area contributed by atoms with Gasteiger partial charge in [-0.1, -0.05) is 18.2 Å². The molecule has 0 aliphatic heterocycles. The molecule has 1 amide bonds. The number of carbonyl (C=O) groups is 1. The van der Waals surface area contributed by atoms with Crippen LogP contribution in [-0.2, 0) is 19.6 Å². The number of anilines is 1. The highest BCUT2D eigenvalue weighted by atomic mass is 32.2. The van der Waals surface area contributed by atoms with Crippen LogP contribution < -0.4 is 4.90 Å². The molecule has 7 heteroatoms. The van der Waals surface area contributed by atoms with E-state index < -0.39 is 10.0 Å². The van der Waals surface area contributed by atoms with Crippen molar-refractivity contribution < 1.29 is 17.9 Å². The molecular formula is C14H22N2O4S. The number of para-hydroxylation sites is 1. The summed E-state index contributed by atoms with van der Waals surface area (Å²) in [4.78, 5) is 13.6. The zero-order valence-electron chi connectivity index (χ0n) is 12.7. The lowest BCUT2D eigenvalue weighted by molar-refractivity contribution is -0.118. The van der Waals surface area contributed by atoms with Gasteiger partial charge in [-0.05, 0) is 12.1 Å². The second-order valence-electron chi connectivity index (χ2n) is 4.69. The van der Waals surface area contributed by atoms with Crippen molar-refractivity contribution >= 4 is 21.6 Å². The van der Waals surface area contributed by atoms with E-state index in [2.05, 4.69) is 0 Å². The number of benzene rings is 1. The van der Waals surface area contributed by atoms with Crippen molar-refractivity contribution in [1.29, 1.82) is 0 Å². The number of sulfonamides is 1. The van der Waals surface area contributed by atoms with Crippen LogP contribution in [0.4, 0.5) is 5.69 Å². The predicted octanol–water partition coefficient (Wildman–Crippen LogP) is 0.947. The average Bonchev–Trinajstić information content (AvgIpc) is 2.45. The molecule has 0 fully saturated rings. The highest BCUT2D eigenvalue weighted by Gasteiger charge is 2.19. The number of carbonyl (C=O) groups excluding carboxylic acids is 1. The van der Waals surface area contributed by atoms with Gasteiger partial charge in [-0.2, -0.15) is 4.31 Å². The quantitative estimate of drug-likeness (QED) is 0.716. The molecule has 118 valence electrons. The summed E-state index contributed by atoms with van der Waals surface area (Å²) < 4.78 is 29.4. The van der Waals surface area contributed by atoms with E-state index in [9.17, 15) is 13.2 Å². The normalized spacial score (nSPS) is 11.6. The molecule has 0 aliphatic rings. The zero-order valence-corrected chi connectivity index (χ0v) is 13.5. The van der Waals surface area contributed by atoms with Gasteiger partial charge in [0.1, 0.15) is 0 Å². The highest BCUT2D eigenvalue weighted by molar-refractivity contribution is 7.88. The van der Waals surface area contributed by atoms with E-state index in [-0.39, 0.29) is 25.4 Å². The third kappa shape index (κ3) is 5.82. The fourth-order valence-electron chi connectivity index (χ4n) is 1.82. The van der Waals surface area contributed by atoms with Gasteiger partial charge in [-0.25, -0.2) is 8.42 Å². The second kappa shape index (κ2) is 8.11. The molecule has 0 aromatic heterocycles. The molecule has 21 heavy (non-hydrogen) atoms. The Bertz CT molecular complexity index is 545. The van der Waals surface area contributed by atoms with Crippen LogP contribution in [0.5, 0.6) is 0 Å². The molecule has 6 nitrogen and oxygen atoms in total. The van der Waals surface area contributed by atoms with Gasteiger partial charge in [-0.3, -0.25) is 4.79 Å². The van der Waals surface area contributed by atoms with Crippen molar-refractivity contribution in [2.75, 3.05) is 45.0 Å². The Morgan fingerprint density at radius 2 is 1.81 bits per heavy atom. The first-order chi connectivity index (χ1) is 9.86. The lowest BCUT2D eigenvalue weighted by atomic mass is 10.2. The molecule has 0 spiro atoms. The van der Waals surface area contributed by atoms with Crippen LogP contribution in [0.3, 0.4) is 0 Å². The molecule has 0 radical (unpaired) electrons. The Balaban J connectivity index is 2.61. The second-order valence-corrected chi connectivity index (χ2v) is 6.68. The SMILES string of the molecule is COCCN(CCC(=O)N(C)c1ccccc1)S(C)(=O)=O. The number of amides is 1. The van der Waals surface area contributed by atoms with Gasteiger partial charge >= 0.3 is 0 Å². The molecule has 0 unspecified atom stereocenters. The lowest BCUT2D eigenvalue weighted by Crippen LogP contribution is -2.37. The summed E-state index contributed by atoms with van der Waals surface area (Å²) >= 11 is 0. The van der Waals surface area contributed by atoms with Crippen LogP contribution in [-0.4, -0.2) is 58.7 Å². The Morgan fingerprint density at radius 3 is 2.33 bits per heavy atom. The summed E-state index contributed by atoms with van der Waals surface area (Å²) in [6.45, 7) is 0.700. The first kappa shape index (κ1) is 17.6. The summed E-state index contributed by atoms with van der Waals surface area (Å²) in [5.41, 5.74) is 0.783. The summed E-state index contributed by atoms with van der Waals surface area (Å²) in [7, 11) is -0.154. The van der Waals surface area contributed by atoms with E-state index in [0.29, 0.717) is 6.61 Å². The van der Waals surface area contributed by atoms with E-state index in [4.69, 9.17) is 4.74 Å². The van der Waals surface area contributed by atoms with E-state index in [1.165, 1.54) is 16.3 Å². The van der Waals surface area contributed by atoms with Gasteiger partial charge in [0.25, 0.3) is 0 Å². The maximum atomic E-state index is 12.1. The molecule has 0 saturated carbocycles. The molecule has 1 rings (SSSR count). The Kier molecular flexibility index (Phi) is 6.80. The van der Waals surface area contributed by atoms with Crippen LogP contribution >= 0.6 is 0 Å². The standard InChI is InChI=1S/C14H22N2O4S/c1-15(13-7-5-4-6-8-13)14(17)9-10-16(11-12-20-2)21(3,18)19/h4-8H,9-12H2,1-3H3. The first-order valence-corrected chi connectivity index (χ1v) is 8.46. The van der Waals surface area contributed by atoms with Crippen LogP contribution in [0, 0.1) is 0 Å². The van der Waals surface area contributed by atoms with Crippen molar-refractivity contribution in [3.63, 3.8) is 0 Å². The van der Waals surface area contributed by atoms with Gasteiger partial charge in [0.2, 0.25) is 15.9 Å². The van der Waals surface area contributed by atoms with Crippen molar-refractivity contribution in [1.82, 2.24) is 4.31 Å². The van der Waals surface area contributed by atoms with Gasteiger partial charge in [-0.15, -0.1) is 0 Å². The molecular weight excluding hydrogens is 292 g/mol. The Hall–Kier alpha value is -1.44. The van der Waals surface area contributed by atoms with Crippen molar-refractivity contribution in [3.8, 4) is 0 Å². The molecule has 0 N–H and O–H groups in total. The molecule has 0 bridgehead atoms. The maximum Gasteiger partial charge on any atom is 0.228 e. The largest absolute Gasteiger partial charge is 0.383 e. The molecule has 1 aromatic carbocycles. The van der Waals surface area contributed by atoms with Crippen molar-refractivity contribution in [2.24, 2.45) is 0 Å². The summed E-state index contributed by atoms with van der Waals surface area (Å²) in [6, 6.07) is 9.23. The van der Waals surface area contributed by atoms with E-state index in [0.717, 1.165) is 11.9 Å². The number of ether oxygens (including phenoxy) is 1. The summed E-state index contributed by atoms with van der Waals surface area (Å²) in [6.07, 6.45) is 1.26. The smallest absolute Gasteiger partial charge is 0.228 e. The fourth-order valence-corrected chi connectivity index (χ4v) is 2.65. The summed E-state index contributed by atoms with van der Waals surface area (Å²) in [5, 5.41) is 0. The fraction of sp³-hybridized carbons (Fsp3) is 0.500. The minimum Gasteiger partial charge on any atom is -0.383 e. The van der Waals surface area contributed by atoms with Crippen LogP contribution in [0.1, 0.15) is 6.42 Å². The Labute approximate surface area is 126 Å². The molecule has 0 heterocycles. The number of methoxy groups -OCH3 is 1. The van der Waals surface area contributed by atoms with Crippen LogP contribution in [0.15, 0.2) is 30.3 Å². The van der Waals surface area contributed by atoms with Crippen molar-refractivity contribution in [2.45, 2.75) is 6.42 Å². The first-order valence-electron chi connectivity index (χ1n) is 6.62. The number of hydrogen-bond acceptors (Lipinski definition) is 4. The van der Waals surface area contributed by atoms with E-state index in [1.807, 2.05) is 30.3 Å². The van der Waals surface area contributed by atoms with Gasteiger partial charge in [0.05, 0.1) is 12.9 Å². The van der Waals surface area contributed by atoms with Gasteiger partial charge in [0, 0.05) is 39.4 Å². The molecule has 0 saturated heterocycles. The van der Waals surface area contributed by atoms with Crippen molar-refractivity contribution in [3.05, 3.63) is 30.3 Å². The monoisotopic (exact) mass is 314 g/mol. The third-order valence-electron chi connectivity index (χ3n) is 3.11. The van der Waals surface area contributed by atoms with Gasteiger partial charge in [0.15, 0.2) is 0 Å². The van der Waals surface area contributed by atoms with E-state index >= 15 is 0 Å². The number of nitrogens with zero attached hydrogens (tertiary/aromatic N) is 2. The molecule has 0 atom stereocenters. The molecule has 0 aliphatic carbocycles. The minimum atomic E-state index is -3.34. The number of rotatable bonds is 8. The topological polar surface area (TPSA) is 66.9 Å². The molecule has 1 aromatic rings. The van der Waals surface area contributed by atoms with Gasteiger partial charge < -0.3 is 9.64 Å². The minimum absolute atomic E-state index is 0.127. The predicted molar refractivity (Wildman–Crippen MR) is 82.8 cm³/mol. The average molecular weight is 314 g/mol. The zero-order chi connectivity index (χ0) is 15.9. The third-order valence-corrected chi connectivity index (χ3v) is 4.41. The maximum absolute atomic E-state index is 12.1. The van der Waals surface area contributed by atoms with Crippen LogP contribution in [0.2, 0.25) is 0 Å². The summed E-state index contributed by atoms with van der Waals surface area (Å²) in [5.74, 6) is -0.132. The number of hydrogen-bond donors (Lipinski definition) is 0.